The van der Waals surface area contributed by atoms with Gasteiger partial charge in [-0.25, -0.2) is 4.79 Å². The number of rotatable bonds is 18. The minimum Gasteiger partial charge on any atom is -0.496 e. The zero-order valence-corrected chi connectivity index (χ0v) is 45.2. The summed E-state index contributed by atoms with van der Waals surface area (Å²) in [6.45, 7) is 11.3. The number of nitrogens with zero attached hydrogens (tertiary/aromatic N) is 3. The van der Waals surface area contributed by atoms with Crippen LogP contribution in [0.3, 0.4) is 0 Å². The molecule has 2 bridgehead atoms. The molecule has 5 aliphatic heterocycles. The van der Waals surface area contributed by atoms with E-state index in [-0.39, 0.29) is 12.0 Å². The van der Waals surface area contributed by atoms with Gasteiger partial charge in [0.2, 0.25) is 5.60 Å². The molecule has 4 N–H and O–H groups in total. The summed E-state index contributed by atoms with van der Waals surface area (Å²) < 4.78 is 23.9. The minimum absolute atomic E-state index is 0.0986. The lowest BCUT2D eigenvalue weighted by Gasteiger charge is -2.63. The number of nitrogens with one attached hydrogen (secondary N) is 1. The molecular formula is C59H86N4O10. The average Bonchev–Trinajstić information content (AvgIpc) is 4.06. The molecule has 0 amide bonds. The topological polar surface area (TPSA) is 174 Å². The molecule has 73 heavy (non-hydrogen) atoms. The van der Waals surface area contributed by atoms with Gasteiger partial charge in [-0.3, -0.25) is 19.4 Å². The molecule has 1 unspecified atom stereocenters. The Morgan fingerprint density at radius 1 is 0.822 bits per heavy atom. The fourth-order valence-electron chi connectivity index (χ4n) is 15.3. The predicted octanol–water partition coefficient (Wildman–Crippen LogP) is 8.28. The number of benzene rings is 2. The molecule has 402 valence electrons. The zero-order chi connectivity index (χ0) is 52.3. The summed E-state index contributed by atoms with van der Waals surface area (Å²) >= 11 is 0. The Kier molecular flexibility index (Phi) is 16.8. The Labute approximate surface area is 434 Å². The van der Waals surface area contributed by atoms with Crippen molar-refractivity contribution in [3.05, 3.63) is 70.9 Å². The highest BCUT2D eigenvalue weighted by Crippen LogP contribution is 2.68. The summed E-state index contributed by atoms with van der Waals surface area (Å²) in [4.78, 5) is 53.2. The van der Waals surface area contributed by atoms with Crippen LogP contribution in [0.15, 0.2) is 48.6 Å². The second-order valence-corrected chi connectivity index (χ2v) is 22.5. The second kappa shape index (κ2) is 22.4. The Hall–Kier alpha value is -4.47. The van der Waals surface area contributed by atoms with Gasteiger partial charge in [-0.1, -0.05) is 115 Å². The highest BCUT2D eigenvalue weighted by molar-refractivity contribution is 5.95. The first kappa shape index (κ1) is 54.8. The number of carbonyl (C=O) groups excluding carboxylic acids is 3. The van der Waals surface area contributed by atoms with Crippen LogP contribution in [0.25, 0.3) is 10.9 Å². The van der Waals surface area contributed by atoms with E-state index in [1.807, 2.05) is 50.1 Å². The maximum atomic E-state index is 15.3. The van der Waals surface area contributed by atoms with E-state index < -0.39 is 57.5 Å². The van der Waals surface area contributed by atoms with E-state index in [0.29, 0.717) is 89.2 Å². The second-order valence-electron chi connectivity index (χ2n) is 22.5. The highest BCUT2D eigenvalue weighted by Gasteiger charge is 2.80. The van der Waals surface area contributed by atoms with Crippen molar-refractivity contribution in [2.75, 3.05) is 72.6 Å². The lowest BCUT2D eigenvalue weighted by atomic mass is 9.47. The number of likely N-dealkylation sites (N-methyl/N-ethyl adjacent to an activating group) is 1. The number of ether oxygens (including phenoxy) is 4. The molecule has 6 aliphatic rings. The quantitative estimate of drug-likeness (QED) is 0.0415. The molecule has 2 aromatic carbocycles. The summed E-state index contributed by atoms with van der Waals surface area (Å²) in [6.07, 6.45) is 20.7. The molecule has 2 saturated heterocycles. The summed E-state index contributed by atoms with van der Waals surface area (Å²) in [5.41, 5.74) is -1.62. The van der Waals surface area contributed by atoms with Crippen molar-refractivity contribution >= 4 is 34.5 Å². The summed E-state index contributed by atoms with van der Waals surface area (Å²) in [5.74, 6) is -1.56. The minimum atomic E-state index is -2.30. The highest BCUT2D eigenvalue weighted by atomic mass is 16.6. The lowest BCUT2D eigenvalue weighted by molar-refractivity contribution is -0.228. The van der Waals surface area contributed by atoms with Crippen LogP contribution in [0.1, 0.15) is 153 Å². The number of piperidine rings is 1. The molecule has 3 aromatic rings. The Balaban J connectivity index is 0.000000445. The van der Waals surface area contributed by atoms with Crippen LogP contribution in [0.5, 0.6) is 5.75 Å². The summed E-state index contributed by atoms with van der Waals surface area (Å²) in [7, 11) is 6.15. The van der Waals surface area contributed by atoms with E-state index in [1.54, 1.807) is 7.11 Å². The van der Waals surface area contributed by atoms with Crippen LogP contribution in [-0.4, -0.2) is 145 Å². The van der Waals surface area contributed by atoms with E-state index >= 15 is 4.79 Å². The first-order valence-corrected chi connectivity index (χ1v) is 27.7. The van der Waals surface area contributed by atoms with Gasteiger partial charge in [0.1, 0.15) is 11.2 Å². The number of carbonyl (C=O) groups is 3. The van der Waals surface area contributed by atoms with Gasteiger partial charge in [0, 0.05) is 97.5 Å². The van der Waals surface area contributed by atoms with Crippen LogP contribution in [0, 0.1) is 11.3 Å². The van der Waals surface area contributed by atoms with Gasteiger partial charge in [-0.05, 0) is 80.7 Å². The maximum Gasteiger partial charge on any atom is 0.344 e. The summed E-state index contributed by atoms with van der Waals surface area (Å²) in [5, 5.41) is 34.9. The number of aromatic amines is 1. The number of unbranched alkanes of at least 4 members (excludes halogenated alkanes) is 10. The monoisotopic (exact) mass is 1010 g/mol. The van der Waals surface area contributed by atoms with Gasteiger partial charge < -0.3 is 44.2 Å². The van der Waals surface area contributed by atoms with Crippen molar-refractivity contribution in [3.63, 3.8) is 0 Å². The third kappa shape index (κ3) is 9.31. The van der Waals surface area contributed by atoms with Crippen LogP contribution in [-0.2, 0) is 45.8 Å². The van der Waals surface area contributed by atoms with Crippen molar-refractivity contribution in [2.45, 2.75) is 177 Å². The first-order valence-electron chi connectivity index (χ1n) is 27.7. The number of aromatic nitrogens is 1. The van der Waals surface area contributed by atoms with E-state index in [9.17, 15) is 19.8 Å². The Bertz CT molecular complexity index is 2460. The van der Waals surface area contributed by atoms with Crippen molar-refractivity contribution in [2.24, 2.45) is 11.3 Å². The number of hydrogen-bond donors (Lipinski definition) is 4. The van der Waals surface area contributed by atoms with Crippen molar-refractivity contribution in [1.29, 1.82) is 0 Å². The van der Waals surface area contributed by atoms with Crippen LogP contribution >= 0.6 is 0 Å². The number of H-pyrrole nitrogens is 1. The van der Waals surface area contributed by atoms with Crippen molar-refractivity contribution in [1.82, 2.24) is 14.8 Å². The molecule has 1 saturated carbocycles. The van der Waals surface area contributed by atoms with Gasteiger partial charge in [0.05, 0.1) is 33.0 Å². The molecule has 9 rings (SSSR count). The van der Waals surface area contributed by atoms with Gasteiger partial charge >= 0.3 is 17.9 Å². The van der Waals surface area contributed by atoms with E-state index in [4.69, 9.17) is 24.1 Å². The van der Waals surface area contributed by atoms with Gasteiger partial charge in [0.15, 0.2) is 6.10 Å². The normalized spacial score (nSPS) is 31.9. The number of esters is 3. The lowest BCUT2D eigenvalue weighted by Crippen LogP contribution is -2.81. The largest absolute Gasteiger partial charge is 0.496 e. The van der Waals surface area contributed by atoms with E-state index in [2.05, 4.69) is 46.0 Å². The van der Waals surface area contributed by atoms with Gasteiger partial charge in [-0.2, -0.15) is 0 Å². The van der Waals surface area contributed by atoms with Crippen LogP contribution in [0.2, 0.25) is 0 Å². The molecule has 14 heteroatoms. The molecular weight excluding hydrogens is 925 g/mol. The van der Waals surface area contributed by atoms with Crippen LogP contribution in [0.4, 0.5) is 5.69 Å². The third-order valence-corrected chi connectivity index (χ3v) is 18.4. The Morgan fingerprint density at radius 3 is 2.14 bits per heavy atom. The number of para-hydroxylation sites is 1. The molecule has 1 spiro atoms. The molecule has 0 radical (unpaired) electrons. The average molecular weight is 1010 g/mol. The predicted molar refractivity (Wildman–Crippen MR) is 284 cm³/mol. The molecule has 3 fully saturated rings. The van der Waals surface area contributed by atoms with Gasteiger partial charge in [-0.15, -0.1) is 0 Å². The fraction of sp³-hybridized carbons (Fsp3) is 0.678. The number of fused-ring (bicyclic) bond motifs is 6. The van der Waals surface area contributed by atoms with Crippen LogP contribution < -0.4 is 9.64 Å². The molecule has 6 heterocycles. The number of aliphatic hydroxyl groups is 3. The van der Waals surface area contributed by atoms with E-state index in [1.165, 1.54) is 85.4 Å². The van der Waals surface area contributed by atoms with Crippen molar-refractivity contribution in [3.8, 4) is 5.75 Å². The number of aliphatic hydroxyl groups excluding tert-OH is 1. The van der Waals surface area contributed by atoms with Gasteiger partial charge in [0.25, 0.3) is 0 Å². The number of hydrogen-bond acceptors (Lipinski definition) is 13. The number of methoxy groups -OCH3 is 3. The van der Waals surface area contributed by atoms with E-state index in [0.717, 1.165) is 39.8 Å². The molecule has 1 aliphatic carbocycles. The number of anilines is 1. The maximum absolute atomic E-state index is 15.3. The summed E-state index contributed by atoms with van der Waals surface area (Å²) in [6, 6.07) is 11.0. The molecule has 10 atom stereocenters. The van der Waals surface area contributed by atoms with Crippen molar-refractivity contribution < 1.29 is 48.7 Å². The molecule has 1 aromatic heterocycles. The fourth-order valence-corrected chi connectivity index (χ4v) is 15.3. The standard InChI is InChI=1S/C46H58N4O9.C13H28O/c1-8-42(54)23-28-24-45(40(52)57-6,36-30(15-19-49(25-28)26-42)29-13-10-11-14-33(29)47-36)32-21-31-34(22-35(32)56-5)48(4)38-44(31)17-20-50-18-12-16-43(9-2,37(44)50)39(59-27(3)51)46(38,55)41(53)58-7;1-2-3-4-5-6-7-8-9-10-11-12-13-14/h10-14,16,21-22,28,37-39,47,54-55H,8-9,15,17-20,23-26H2,1-7H3;14H,2-13H2,1H3/t28-,37-,38+,39+,42-,43+,44+,45-,46-;/m0./s1. The first-order chi connectivity index (χ1) is 35.1. The third-order valence-electron chi connectivity index (χ3n) is 18.4. The smallest absolute Gasteiger partial charge is 0.344 e. The zero-order valence-electron chi connectivity index (χ0n) is 45.2. The SMILES string of the molecule is CCCCCCCCCCCCCO.CC[C@]1(O)C[C@@H]2CN(CCc3c([nH]c4ccccc34)[C@@](C(=O)OC)(c3cc4c(cc3OC)N(C)[C@H]3[C@@](O)(C(=O)OC)[C@H](OC(C)=O)[C@]5(CC)C=CCN6CC[C@]43[C@@H]65)C2)C1. The Morgan fingerprint density at radius 2 is 1.51 bits per heavy atom. The molecule has 14 nitrogen and oxygen atoms in total.